The van der Waals surface area contributed by atoms with E-state index in [1.54, 1.807) is 6.07 Å². The van der Waals surface area contributed by atoms with Gasteiger partial charge in [-0.1, -0.05) is 66.7 Å². The molecule has 0 unspecified atom stereocenters. The van der Waals surface area contributed by atoms with Crippen LogP contribution in [0, 0.1) is 0 Å². The number of ether oxygens (including phenoxy) is 1. The minimum absolute atomic E-state index is 0.178. The normalized spacial score (nSPS) is 10.7. The number of aldehydes is 1. The summed E-state index contributed by atoms with van der Waals surface area (Å²) in [6.45, 7) is -0.178. The van der Waals surface area contributed by atoms with E-state index in [9.17, 15) is 9.59 Å². The molecule has 0 spiro atoms. The van der Waals surface area contributed by atoms with Crippen molar-refractivity contribution in [1.82, 2.24) is 0 Å². The molecule has 1 amide bonds. The molecule has 4 aromatic carbocycles. The van der Waals surface area contributed by atoms with Crippen molar-refractivity contribution in [3.63, 3.8) is 0 Å². The summed E-state index contributed by atoms with van der Waals surface area (Å²) in [7, 11) is 0. The fourth-order valence-electron chi connectivity index (χ4n) is 3.19. The van der Waals surface area contributed by atoms with Crippen LogP contribution in [-0.2, 0) is 4.79 Å². The first-order valence-corrected chi connectivity index (χ1v) is 8.63. The van der Waals surface area contributed by atoms with Crippen LogP contribution in [0.2, 0.25) is 0 Å². The molecule has 1 N–H and O–H groups in total. The van der Waals surface area contributed by atoms with Gasteiger partial charge >= 0.3 is 0 Å². The molecule has 0 aromatic heterocycles. The topological polar surface area (TPSA) is 55.4 Å². The zero-order valence-corrected chi connectivity index (χ0v) is 14.5. The van der Waals surface area contributed by atoms with Crippen molar-refractivity contribution < 1.29 is 14.3 Å². The minimum atomic E-state index is -0.281. The minimum Gasteiger partial charge on any atom is -0.483 e. The number of amides is 1. The van der Waals surface area contributed by atoms with Gasteiger partial charge in [0.25, 0.3) is 5.91 Å². The van der Waals surface area contributed by atoms with Crippen molar-refractivity contribution in [3.05, 3.63) is 84.4 Å². The number of carbonyl (C=O) groups excluding carboxylic acids is 2. The third-order valence-corrected chi connectivity index (χ3v) is 4.47. The Hall–Kier alpha value is -3.66. The summed E-state index contributed by atoms with van der Waals surface area (Å²) in [6, 6.07) is 24.7. The van der Waals surface area contributed by atoms with Crippen molar-refractivity contribution in [2.75, 3.05) is 11.9 Å². The molecule has 132 valence electrons. The van der Waals surface area contributed by atoms with Crippen molar-refractivity contribution in [3.8, 4) is 5.75 Å². The van der Waals surface area contributed by atoms with Crippen LogP contribution in [0.5, 0.6) is 5.75 Å². The average molecular weight is 355 g/mol. The smallest absolute Gasteiger partial charge is 0.262 e. The van der Waals surface area contributed by atoms with Gasteiger partial charge in [0.15, 0.2) is 12.9 Å². The van der Waals surface area contributed by atoms with E-state index in [2.05, 4.69) is 5.32 Å². The van der Waals surface area contributed by atoms with Crippen LogP contribution in [0.15, 0.2) is 78.9 Å². The van der Waals surface area contributed by atoms with E-state index in [0.717, 1.165) is 33.5 Å². The van der Waals surface area contributed by atoms with E-state index in [0.29, 0.717) is 11.3 Å². The number of nitrogens with one attached hydrogen (secondary N) is 1. The molecule has 0 atom stereocenters. The van der Waals surface area contributed by atoms with Gasteiger partial charge in [0.05, 0.1) is 5.56 Å². The van der Waals surface area contributed by atoms with Gasteiger partial charge in [-0.25, -0.2) is 0 Å². The highest BCUT2D eigenvalue weighted by molar-refractivity contribution is 6.03. The Balaban J connectivity index is 1.53. The molecule has 4 nitrogen and oxygen atoms in total. The van der Waals surface area contributed by atoms with Crippen molar-refractivity contribution in [2.24, 2.45) is 0 Å². The number of hydrogen-bond donors (Lipinski definition) is 1. The number of hydrogen-bond acceptors (Lipinski definition) is 3. The lowest BCUT2D eigenvalue weighted by Crippen LogP contribution is -2.20. The number of benzene rings is 4. The molecule has 4 aromatic rings. The van der Waals surface area contributed by atoms with E-state index < -0.39 is 0 Å². The Morgan fingerprint density at radius 3 is 2.26 bits per heavy atom. The predicted octanol–water partition coefficient (Wildman–Crippen LogP) is 4.82. The van der Waals surface area contributed by atoms with Crippen LogP contribution >= 0.6 is 0 Å². The molecule has 0 aliphatic heterocycles. The van der Waals surface area contributed by atoms with Crippen LogP contribution in [0.3, 0.4) is 0 Å². The molecule has 0 bridgehead atoms. The highest BCUT2D eigenvalue weighted by atomic mass is 16.5. The predicted molar refractivity (Wildman–Crippen MR) is 107 cm³/mol. The maximum atomic E-state index is 12.4. The molecule has 0 saturated heterocycles. The number of carbonyl (C=O) groups is 2. The summed E-state index contributed by atoms with van der Waals surface area (Å²) in [5.74, 6) is 0.119. The van der Waals surface area contributed by atoms with Gasteiger partial charge in [-0.2, -0.15) is 0 Å². The lowest BCUT2D eigenvalue weighted by atomic mass is 10.0. The molecule has 0 saturated carbocycles. The molecule has 0 fully saturated rings. The summed E-state index contributed by atoms with van der Waals surface area (Å²) in [5.41, 5.74) is 1.18. The molecule has 4 rings (SSSR count). The van der Waals surface area contributed by atoms with Crippen LogP contribution in [-0.4, -0.2) is 18.8 Å². The molecule has 0 aliphatic rings. The second-order valence-electron chi connectivity index (χ2n) is 6.18. The van der Waals surface area contributed by atoms with Crippen LogP contribution in [0.4, 0.5) is 5.69 Å². The SMILES string of the molecule is O=Cc1c(OCC(=O)Nc2cccc3ccccc23)ccc2ccccc12. The Morgan fingerprint density at radius 2 is 1.48 bits per heavy atom. The van der Waals surface area contributed by atoms with Crippen molar-refractivity contribution in [2.45, 2.75) is 0 Å². The fraction of sp³-hybridized carbons (Fsp3) is 0.0435. The zero-order valence-electron chi connectivity index (χ0n) is 14.5. The molecule has 27 heavy (non-hydrogen) atoms. The molecular formula is C23H17NO3. The van der Waals surface area contributed by atoms with Crippen molar-refractivity contribution >= 4 is 39.4 Å². The first-order chi connectivity index (χ1) is 13.3. The maximum Gasteiger partial charge on any atom is 0.262 e. The lowest BCUT2D eigenvalue weighted by molar-refractivity contribution is -0.118. The Kier molecular flexibility index (Phi) is 4.54. The first kappa shape index (κ1) is 16.8. The van der Waals surface area contributed by atoms with Crippen molar-refractivity contribution in [1.29, 1.82) is 0 Å². The van der Waals surface area contributed by atoms with Gasteiger partial charge in [-0.05, 0) is 28.3 Å². The lowest BCUT2D eigenvalue weighted by Gasteiger charge is -2.12. The summed E-state index contributed by atoms with van der Waals surface area (Å²) in [6.07, 6.45) is 0.764. The Morgan fingerprint density at radius 1 is 0.815 bits per heavy atom. The maximum absolute atomic E-state index is 12.4. The van der Waals surface area contributed by atoms with Gasteiger partial charge in [0.1, 0.15) is 5.75 Å². The molecule has 4 heteroatoms. The molecule has 0 heterocycles. The van der Waals surface area contributed by atoms with Crippen LogP contribution in [0.25, 0.3) is 21.5 Å². The summed E-state index contributed by atoms with van der Waals surface area (Å²) in [5, 5.41) is 6.65. The fourth-order valence-corrected chi connectivity index (χ4v) is 3.19. The summed E-state index contributed by atoms with van der Waals surface area (Å²) in [4.78, 5) is 23.9. The first-order valence-electron chi connectivity index (χ1n) is 8.63. The highest BCUT2D eigenvalue weighted by Gasteiger charge is 2.11. The van der Waals surface area contributed by atoms with E-state index in [1.165, 1.54) is 0 Å². The number of fused-ring (bicyclic) bond motifs is 2. The van der Waals surface area contributed by atoms with Gasteiger partial charge in [0, 0.05) is 11.1 Å². The van der Waals surface area contributed by atoms with Gasteiger partial charge in [-0.15, -0.1) is 0 Å². The van der Waals surface area contributed by atoms with Crippen LogP contribution < -0.4 is 10.1 Å². The Labute approximate surface area is 156 Å². The van der Waals surface area contributed by atoms with E-state index in [4.69, 9.17) is 4.74 Å². The largest absolute Gasteiger partial charge is 0.483 e. The quantitative estimate of drug-likeness (QED) is 0.522. The summed E-state index contributed by atoms with van der Waals surface area (Å²) >= 11 is 0. The van der Waals surface area contributed by atoms with E-state index >= 15 is 0 Å². The zero-order chi connectivity index (χ0) is 18.6. The van der Waals surface area contributed by atoms with Crippen LogP contribution in [0.1, 0.15) is 10.4 Å². The second-order valence-corrected chi connectivity index (χ2v) is 6.18. The third-order valence-electron chi connectivity index (χ3n) is 4.47. The molecular weight excluding hydrogens is 338 g/mol. The summed E-state index contributed by atoms with van der Waals surface area (Å²) < 4.78 is 5.64. The monoisotopic (exact) mass is 355 g/mol. The number of rotatable bonds is 5. The van der Waals surface area contributed by atoms with E-state index in [-0.39, 0.29) is 12.5 Å². The highest BCUT2D eigenvalue weighted by Crippen LogP contribution is 2.27. The molecule has 0 aliphatic carbocycles. The van der Waals surface area contributed by atoms with E-state index in [1.807, 2.05) is 72.8 Å². The third kappa shape index (κ3) is 3.37. The van der Waals surface area contributed by atoms with Gasteiger partial charge in [-0.3, -0.25) is 9.59 Å². The number of anilines is 1. The van der Waals surface area contributed by atoms with Gasteiger partial charge in [0.2, 0.25) is 0 Å². The molecule has 0 radical (unpaired) electrons. The average Bonchev–Trinajstić information content (AvgIpc) is 2.72. The second kappa shape index (κ2) is 7.30. The van der Waals surface area contributed by atoms with Gasteiger partial charge < -0.3 is 10.1 Å². The standard InChI is InChI=1S/C23H17NO3/c25-14-20-18-9-3-1-7-17(18)12-13-22(20)27-15-23(26)24-21-11-5-8-16-6-2-4-10-19(16)21/h1-14H,15H2,(H,24,26). The Bertz CT molecular complexity index is 1150.